The van der Waals surface area contributed by atoms with Crippen LogP contribution in [0.5, 0.6) is 5.75 Å². The summed E-state index contributed by atoms with van der Waals surface area (Å²) in [5.74, 6) is 0.619. The van der Waals surface area contributed by atoms with Crippen LogP contribution in [0.15, 0.2) is 18.2 Å². The van der Waals surface area contributed by atoms with Crippen LogP contribution < -0.4 is 4.74 Å². The first-order valence-corrected chi connectivity index (χ1v) is 4.49. The largest absolute Gasteiger partial charge is 0.490 e. The number of aldehydes is 1. The van der Waals surface area contributed by atoms with Gasteiger partial charge in [0.1, 0.15) is 12.0 Å². The van der Waals surface area contributed by atoms with Gasteiger partial charge in [0, 0.05) is 5.56 Å². The van der Waals surface area contributed by atoms with Crippen molar-refractivity contribution in [1.82, 2.24) is 0 Å². The first-order valence-electron chi connectivity index (χ1n) is 4.49. The Bertz CT molecular complexity index is 402. The fourth-order valence-corrected chi connectivity index (χ4v) is 1.20. The lowest BCUT2D eigenvalue weighted by Gasteiger charge is -2.04. The maximum Gasteiger partial charge on any atom is 0.150 e. The van der Waals surface area contributed by atoms with Crippen molar-refractivity contribution >= 4 is 6.29 Å². The number of nitriles is 1. The maximum atomic E-state index is 10.6. The van der Waals surface area contributed by atoms with Gasteiger partial charge in [0.2, 0.25) is 0 Å². The van der Waals surface area contributed by atoms with Crippen molar-refractivity contribution in [1.29, 1.82) is 5.26 Å². The Labute approximate surface area is 81.9 Å². The summed E-state index contributed by atoms with van der Waals surface area (Å²) in [5.41, 5.74) is 0.949. The highest BCUT2D eigenvalue weighted by Crippen LogP contribution is 2.27. The van der Waals surface area contributed by atoms with Gasteiger partial charge >= 0.3 is 0 Å². The van der Waals surface area contributed by atoms with Gasteiger partial charge in [-0.1, -0.05) is 0 Å². The van der Waals surface area contributed by atoms with Crippen LogP contribution in [0.25, 0.3) is 0 Å². The van der Waals surface area contributed by atoms with Crippen LogP contribution in [0.2, 0.25) is 0 Å². The fourth-order valence-electron chi connectivity index (χ4n) is 1.20. The highest BCUT2D eigenvalue weighted by Gasteiger charge is 2.23. The molecule has 1 saturated carbocycles. The predicted molar refractivity (Wildman–Crippen MR) is 50.2 cm³/mol. The number of benzene rings is 1. The Morgan fingerprint density at radius 3 is 2.79 bits per heavy atom. The van der Waals surface area contributed by atoms with Crippen LogP contribution in [0.3, 0.4) is 0 Å². The summed E-state index contributed by atoms with van der Waals surface area (Å²) in [5, 5.41) is 8.71. The summed E-state index contributed by atoms with van der Waals surface area (Å²) in [4.78, 5) is 10.6. The highest BCUT2D eigenvalue weighted by atomic mass is 16.5. The van der Waals surface area contributed by atoms with E-state index < -0.39 is 0 Å². The molecular formula is C11H9NO2. The number of ether oxygens (including phenoxy) is 1. The van der Waals surface area contributed by atoms with Crippen LogP contribution in [-0.4, -0.2) is 12.4 Å². The summed E-state index contributed by atoms with van der Waals surface area (Å²) in [6, 6.07) is 6.86. The molecule has 0 aliphatic heterocycles. The molecule has 1 aliphatic carbocycles. The fraction of sp³-hybridized carbons (Fsp3) is 0.273. The van der Waals surface area contributed by atoms with Crippen LogP contribution in [0.4, 0.5) is 0 Å². The number of hydrogen-bond donors (Lipinski definition) is 0. The van der Waals surface area contributed by atoms with Crippen LogP contribution in [-0.2, 0) is 0 Å². The lowest BCUT2D eigenvalue weighted by atomic mass is 10.1. The third-order valence-electron chi connectivity index (χ3n) is 2.02. The van der Waals surface area contributed by atoms with E-state index in [1.807, 2.05) is 6.07 Å². The van der Waals surface area contributed by atoms with Gasteiger partial charge < -0.3 is 4.74 Å². The Balaban J connectivity index is 2.28. The predicted octanol–water partition coefficient (Wildman–Crippen LogP) is 1.91. The molecule has 0 aromatic heterocycles. The molecule has 3 heteroatoms. The number of rotatable bonds is 3. The minimum atomic E-state index is 0.281. The maximum absolute atomic E-state index is 10.6. The molecule has 0 atom stereocenters. The van der Waals surface area contributed by atoms with Crippen molar-refractivity contribution in [3.8, 4) is 11.8 Å². The summed E-state index contributed by atoms with van der Waals surface area (Å²) in [7, 11) is 0. The first kappa shape index (κ1) is 8.76. The van der Waals surface area contributed by atoms with Crippen molar-refractivity contribution in [2.45, 2.75) is 18.9 Å². The zero-order chi connectivity index (χ0) is 9.97. The van der Waals surface area contributed by atoms with Gasteiger partial charge in [0.25, 0.3) is 0 Å². The lowest BCUT2D eigenvalue weighted by molar-refractivity contribution is 0.112. The van der Waals surface area contributed by atoms with Gasteiger partial charge in [-0.3, -0.25) is 4.79 Å². The molecule has 0 heterocycles. The number of hydrogen-bond acceptors (Lipinski definition) is 3. The van der Waals surface area contributed by atoms with E-state index in [0.717, 1.165) is 19.1 Å². The quantitative estimate of drug-likeness (QED) is 0.679. The van der Waals surface area contributed by atoms with E-state index in [2.05, 4.69) is 0 Å². The molecule has 0 radical (unpaired) electrons. The van der Waals surface area contributed by atoms with Crippen LogP contribution in [0.1, 0.15) is 28.8 Å². The van der Waals surface area contributed by atoms with Crippen LogP contribution in [0, 0.1) is 11.3 Å². The van der Waals surface area contributed by atoms with E-state index in [0.29, 0.717) is 16.9 Å². The van der Waals surface area contributed by atoms with Crippen molar-refractivity contribution in [2.75, 3.05) is 0 Å². The van der Waals surface area contributed by atoms with Gasteiger partial charge in [0.05, 0.1) is 17.7 Å². The molecule has 1 aromatic rings. The van der Waals surface area contributed by atoms with Gasteiger partial charge in [-0.2, -0.15) is 5.26 Å². The van der Waals surface area contributed by atoms with Crippen molar-refractivity contribution in [3.05, 3.63) is 29.3 Å². The van der Waals surface area contributed by atoms with Crippen molar-refractivity contribution in [2.24, 2.45) is 0 Å². The molecule has 0 bridgehead atoms. The molecule has 0 saturated heterocycles. The monoisotopic (exact) mass is 187 g/mol. The number of carbonyl (C=O) groups excluding carboxylic acids is 1. The second kappa shape index (κ2) is 3.51. The Morgan fingerprint density at radius 2 is 2.21 bits per heavy atom. The van der Waals surface area contributed by atoms with E-state index >= 15 is 0 Å². The van der Waals surface area contributed by atoms with Gasteiger partial charge in [-0.25, -0.2) is 0 Å². The molecule has 2 rings (SSSR count). The summed E-state index contributed by atoms with van der Waals surface area (Å²) in [6.45, 7) is 0. The second-order valence-corrected chi connectivity index (χ2v) is 3.34. The van der Waals surface area contributed by atoms with E-state index in [9.17, 15) is 4.79 Å². The van der Waals surface area contributed by atoms with Gasteiger partial charge in [-0.15, -0.1) is 0 Å². The standard InChI is InChI=1S/C11H9NO2/c12-6-8-3-9(7-13)5-11(4-8)14-10-1-2-10/h3-5,7,10H,1-2H2. The molecule has 14 heavy (non-hydrogen) atoms. The minimum Gasteiger partial charge on any atom is -0.490 e. The lowest BCUT2D eigenvalue weighted by Crippen LogP contribution is -1.97. The average Bonchev–Trinajstić information content (AvgIpc) is 3.01. The van der Waals surface area contributed by atoms with E-state index in [4.69, 9.17) is 10.00 Å². The molecule has 1 fully saturated rings. The SMILES string of the molecule is N#Cc1cc(C=O)cc(OC2CC2)c1. The first-order chi connectivity index (χ1) is 6.81. The van der Waals surface area contributed by atoms with Crippen molar-refractivity contribution in [3.63, 3.8) is 0 Å². The zero-order valence-corrected chi connectivity index (χ0v) is 7.56. The summed E-state index contributed by atoms with van der Waals surface area (Å²) >= 11 is 0. The third-order valence-corrected chi connectivity index (χ3v) is 2.02. The molecule has 0 amide bonds. The highest BCUT2D eigenvalue weighted by molar-refractivity contribution is 5.76. The topological polar surface area (TPSA) is 50.1 Å². The normalized spacial score (nSPS) is 14.5. The average molecular weight is 187 g/mol. The molecule has 0 unspecified atom stereocenters. The van der Waals surface area contributed by atoms with Crippen molar-refractivity contribution < 1.29 is 9.53 Å². The minimum absolute atomic E-state index is 0.281. The second-order valence-electron chi connectivity index (χ2n) is 3.34. The van der Waals surface area contributed by atoms with Gasteiger partial charge in [-0.05, 0) is 31.0 Å². The summed E-state index contributed by atoms with van der Waals surface area (Å²) in [6.07, 6.45) is 3.13. The Morgan fingerprint density at radius 1 is 1.43 bits per heavy atom. The van der Waals surface area contributed by atoms with E-state index in [1.165, 1.54) is 0 Å². The molecule has 3 nitrogen and oxygen atoms in total. The van der Waals surface area contributed by atoms with Gasteiger partial charge in [0.15, 0.2) is 0 Å². The summed E-state index contributed by atoms with van der Waals surface area (Å²) < 4.78 is 5.50. The zero-order valence-electron chi connectivity index (χ0n) is 7.56. The molecule has 70 valence electrons. The molecule has 1 aromatic carbocycles. The smallest absolute Gasteiger partial charge is 0.150 e. The number of nitrogens with zero attached hydrogens (tertiary/aromatic N) is 1. The Hall–Kier alpha value is -1.82. The van der Waals surface area contributed by atoms with E-state index in [-0.39, 0.29) is 6.10 Å². The third kappa shape index (κ3) is 1.91. The molecule has 0 spiro atoms. The number of carbonyl (C=O) groups is 1. The molecule has 1 aliphatic rings. The molecular weight excluding hydrogens is 178 g/mol. The molecule has 0 N–H and O–H groups in total. The van der Waals surface area contributed by atoms with Crippen LogP contribution >= 0.6 is 0 Å². The van der Waals surface area contributed by atoms with E-state index in [1.54, 1.807) is 18.2 Å². The Kier molecular flexibility index (Phi) is 2.19.